The van der Waals surface area contributed by atoms with Gasteiger partial charge in [-0.05, 0) is 64.4 Å². The van der Waals surface area contributed by atoms with Gasteiger partial charge < -0.3 is 10.1 Å². The fraction of sp³-hybridized carbons (Fsp3) is 0.571. The summed E-state index contributed by atoms with van der Waals surface area (Å²) in [5.41, 5.74) is 0.846. The maximum absolute atomic E-state index is 12.3. The molecule has 2 rings (SSSR count). The molecule has 0 radical (unpaired) electrons. The molecule has 0 saturated heterocycles. The second kappa shape index (κ2) is 8.91. The largest absolute Gasteiger partial charge is 0.444 e. The van der Waals surface area contributed by atoms with Gasteiger partial charge in [-0.1, -0.05) is 48.9 Å². The molecule has 1 aromatic carbocycles. The molecule has 1 aliphatic carbocycles. The fourth-order valence-corrected chi connectivity index (χ4v) is 3.16. The van der Waals surface area contributed by atoms with E-state index < -0.39 is 5.60 Å². The first kappa shape index (κ1) is 18.6. The lowest BCUT2D eigenvalue weighted by Crippen LogP contribution is -2.43. The van der Waals surface area contributed by atoms with Crippen LogP contribution in [-0.4, -0.2) is 17.7 Å². The lowest BCUT2D eigenvalue weighted by Gasteiger charge is -2.28. The number of amides is 1. The number of carbonyl (C=O) groups is 1. The van der Waals surface area contributed by atoms with Crippen LogP contribution in [0.5, 0.6) is 0 Å². The number of benzene rings is 1. The predicted octanol–water partition coefficient (Wildman–Crippen LogP) is 5.26. The van der Waals surface area contributed by atoms with Gasteiger partial charge in [0, 0.05) is 6.04 Å². The normalized spacial score (nSPS) is 19.4. The summed E-state index contributed by atoms with van der Waals surface area (Å²) in [5, 5.41) is 3.13. The number of allylic oxidation sites excluding steroid dienone is 1. The van der Waals surface area contributed by atoms with Crippen molar-refractivity contribution in [3.8, 4) is 0 Å². The van der Waals surface area contributed by atoms with Crippen molar-refractivity contribution < 1.29 is 9.53 Å². The number of hydrogen-bond donors (Lipinski definition) is 1. The summed E-state index contributed by atoms with van der Waals surface area (Å²) in [6, 6.07) is 10.6. The monoisotopic (exact) mass is 329 g/mol. The van der Waals surface area contributed by atoms with Crippen LogP contribution in [0.15, 0.2) is 42.5 Å². The summed E-state index contributed by atoms with van der Waals surface area (Å²) in [4.78, 5) is 12.3. The number of carbonyl (C=O) groups excluding carboxylic acids is 1. The summed E-state index contributed by atoms with van der Waals surface area (Å²) in [7, 11) is 0. The van der Waals surface area contributed by atoms with Gasteiger partial charge in [0.1, 0.15) is 5.60 Å². The second-order valence-electron chi connectivity index (χ2n) is 7.65. The van der Waals surface area contributed by atoms with Gasteiger partial charge in [0.05, 0.1) is 0 Å². The minimum Gasteiger partial charge on any atom is -0.444 e. The van der Waals surface area contributed by atoms with Crippen molar-refractivity contribution in [1.82, 2.24) is 5.32 Å². The van der Waals surface area contributed by atoms with E-state index in [0.717, 1.165) is 25.7 Å². The Morgan fingerprint density at radius 1 is 1.25 bits per heavy atom. The molecule has 132 valence electrons. The third kappa shape index (κ3) is 6.77. The highest BCUT2D eigenvalue weighted by molar-refractivity contribution is 5.68. The Labute approximate surface area is 146 Å². The number of alkyl carbamates (subject to hydrolysis) is 1. The van der Waals surface area contributed by atoms with Crippen LogP contribution >= 0.6 is 0 Å². The van der Waals surface area contributed by atoms with Crippen LogP contribution in [0.2, 0.25) is 0 Å². The van der Waals surface area contributed by atoms with Gasteiger partial charge in [-0.15, -0.1) is 0 Å². The minimum atomic E-state index is -0.465. The zero-order chi connectivity index (χ0) is 17.4. The Bertz CT molecular complexity index is 531. The molecule has 0 unspecified atom stereocenters. The van der Waals surface area contributed by atoms with E-state index in [0.29, 0.717) is 5.92 Å². The number of rotatable bonds is 5. The van der Waals surface area contributed by atoms with Crippen molar-refractivity contribution in [2.24, 2.45) is 5.92 Å². The van der Waals surface area contributed by atoms with Gasteiger partial charge in [0.25, 0.3) is 0 Å². The molecular weight excluding hydrogens is 298 g/mol. The van der Waals surface area contributed by atoms with Crippen LogP contribution in [0.3, 0.4) is 0 Å². The van der Waals surface area contributed by atoms with E-state index in [-0.39, 0.29) is 12.1 Å². The summed E-state index contributed by atoms with van der Waals surface area (Å²) >= 11 is 0. The van der Waals surface area contributed by atoms with Gasteiger partial charge in [-0.2, -0.15) is 0 Å². The highest BCUT2D eigenvalue weighted by Crippen LogP contribution is 2.23. The van der Waals surface area contributed by atoms with Crippen molar-refractivity contribution in [1.29, 1.82) is 0 Å². The van der Waals surface area contributed by atoms with E-state index in [1.807, 2.05) is 26.8 Å². The predicted molar refractivity (Wildman–Crippen MR) is 99.0 cm³/mol. The standard InChI is InChI=1S/C21H31NO2/c1-21(2,3)24-20(23)22-19(18-13-9-4-5-10-14-18)16-15-17-11-7-6-8-12-17/h6-9,11-13,18-19H,4-5,10,14-16H2,1-3H3,(H,22,23)/t18-,19-/m1/s1. The molecule has 1 aliphatic rings. The van der Waals surface area contributed by atoms with Crippen molar-refractivity contribution in [2.45, 2.75) is 70.9 Å². The number of ether oxygens (including phenoxy) is 1. The van der Waals surface area contributed by atoms with Crippen LogP contribution in [0.25, 0.3) is 0 Å². The Morgan fingerprint density at radius 2 is 2.00 bits per heavy atom. The first-order valence-electron chi connectivity index (χ1n) is 9.14. The molecule has 24 heavy (non-hydrogen) atoms. The summed E-state index contributed by atoms with van der Waals surface area (Å²) in [5.74, 6) is 0.392. The molecule has 0 fully saturated rings. The molecular formula is C21H31NO2. The highest BCUT2D eigenvalue weighted by atomic mass is 16.6. The SMILES string of the molecule is CC(C)(C)OC(=O)N[C@H](CCc1ccccc1)[C@@H]1C=CCCCC1. The molecule has 0 bridgehead atoms. The van der Waals surface area contributed by atoms with Crippen molar-refractivity contribution in [2.75, 3.05) is 0 Å². The third-order valence-corrected chi connectivity index (χ3v) is 4.35. The van der Waals surface area contributed by atoms with Crippen molar-refractivity contribution >= 4 is 6.09 Å². The van der Waals surface area contributed by atoms with E-state index in [2.05, 4.69) is 41.7 Å². The van der Waals surface area contributed by atoms with Crippen LogP contribution in [0.1, 0.15) is 58.4 Å². The topological polar surface area (TPSA) is 38.3 Å². The van der Waals surface area contributed by atoms with E-state index in [1.165, 1.54) is 18.4 Å². The van der Waals surface area contributed by atoms with Crippen molar-refractivity contribution in [3.63, 3.8) is 0 Å². The first-order valence-corrected chi connectivity index (χ1v) is 9.14. The van der Waals surface area contributed by atoms with Gasteiger partial charge in [-0.25, -0.2) is 4.79 Å². The van der Waals surface area contributed by atoms with Gasteiger partial charge in [-0.3, -0.25) is 0 Å². The maximum atomic E-state index is 12.3. The smallest absolute Gasteiger partial charge is 0.407 e. The van der Waals surface area contributed by atoms with Crippen LogP contribution in [0, 0.1) is 5.92 Å². The zero-order valence-electron chi connectivity index (χ0n) is 15.3. The van der Waals surface area contributed by atoms with Crippen LogP contribution in [0.4, 0.5) is 4.79 Å². The molecule has 0 saturated carbocycles. The maximum Gasteiger partial charge on any atom is 0.407 e. The molecule has 0 aliphatic heterocycles. The summed E-state index contributed by atoms with van der Waals surface area (Å²) in [6.07, 6.45) is 10.9. The molecule has 0 heterocycles. The number of aryl methyl sites for hydroxylation is 1. The van der Waals surface area contributed by atoms with Crippen LogP contribution < -0.4 is 5.32 Å². The Balaban J connectivity index is 2.01. The van der Waals surface area contributed by atoms with E-state index >= 15 is 0 Å². The Morgan fingerprint density at radius 3 is 2.71 bits per heavy atom. The van der Waals surface area contributed by atoms with Gasteiger partial charge >= 0.3 is 6.09 Å². The number of nitrogens with one attached hydrogen (secondary N) is 1. The fourth-order valence-electron chi connectivity index (χ4n) is 3.16. The van der Waals surface area contributed by atoms with Crippen molar-refractivity contribution in [3.05, 3.63) is 48.0 Å². The third-order valence-electron chi connectivity index (χ3n) is 4.35. The lowest BCUT2D eigenvalue weighted by molar-refractivity contribution is 0.0488. The van der Waals surface area contributed by atoms with Crippen LogP contribution in [-0.2, 0) is 11.2 Å². The highest BCUT2D eigenvalue weighted by Gasteiger charge is 2.24. The van der Waals surface area contributed by atoms with E-state index in [1.54, 1.807) is 0 Å². The van der Waals surface area contributed by atoms with E-state index in [9.17, 15) is 4.79 Å². The molecule has 3 nitrogen and oxygen atoms in total. The average molecular weight is 329 g/mol. The first-order chi connectivity index (χ1) is 11.4. The molecule has 0 spiro atoms. The Hall–Kier alpha value is -1.77. The average Bonchev–Trinajstić information content (AvgIpc) is 2.80. The molecule has 1 amide bonds. The van der Waals surface area contributed by atoms with E-state index in [4.69, 9.17) is 4.74 Å². The lowest BCUT2D eigenvalue weighted by atomic mass is 9.90. The molecule has 2 atom stereocenters. The molecule has 0 aromatic heterocycles. The van der Waals surface area contributed by atoms with Gasteiger partial charge in [0.15, 0.2) is 0 Å². The summed E-state index contributed by atoms with van der Waals surface area (Å²) in [6.45, 7) is 5.70. The quantitative estimate of drug-likeness (QED) is 0.748. The minimum absolute atomic E-state index is 0.120. The second-order valence-corrected chi connectivity index (χ2v) is 7.65. The molecule has 1 aromatic rings. The molecule has 3 heteroatoms. The van der Waals surface area contributed by atoms with Gasteiger partial charge in [0.2, 0.25) is 0 Å². The summed E-state index contributed by atoms with van der Waals surface area (Å²) < 4.78 is 5.47. The molecule has 1 N–H and O–H groups in total. The zero-order valence-corrected chi connectivity index (χ0v) is 15.3. The number of hydrogen-bond acceptors (Lipinski definition) is 2. The Kier molecular flexibility index (Phi) is 6.89.